The Labute approximate surface area is 183 Å². The molecular formula is C25H51NO2P+. The lowest BCUT2D eigenvalue weighted by molar-refractivity contribution is -0.883. The van der Waals surface area contributed by atoms with Gasteiger partial charge in [0.2, 0.25) is 0 Å². The Balaban J connectivity index is 3.53. The molecule has 0 amide bonds. The molecule has 4 heteroatoms. The molecule has 0 rings (SSSR count). The first kappa shape index (κ1) is 28.8. The lowest BCUT2D eigenvalue weighted by Crippen LogP contribution is -2.44. The van der Waals surface area contributed by atoms with Crippen LogP contribution in [0.2, 0.25) is 0 Å². The van der Waals surface area contributed by atoms with Crippen molar-refractivity contribution in [2.75, 3.05) is 21.1 Å². The van der Waals surface area contributed by atoms with Gasteiger partial charge in [0.15, 0.2) is 0 Å². The summed E-state index contributed by atoms with van der Waals surface area (Å²) in [4.78, 5) is 11.5. The number of hydrogen-bond acceptors (Lipinski definition) is 2. The van der Waals surface area contributed by atoms with Crippen LogP contribution in [-0.2, 0) is 4.57 Å². The smallest absolute Gasteiger partial charge is 0.373 e. The summed E-state index contributed by atoms with van der Waals surface area (Å²) in [6, 6.07) is 0. The molecule has 0 saturated heterocycles. The molecule has 29 heavy (non-hydrogen) atoms. The van der Waals surface area contributed by atoms with Gasteiger partial charge in [0.25, 0.3) is 5.78 Å². The van der Waals surface area contributed by atoms with Crippen LogP contribution in [0.1, 0.15) is 117 Å². The minimum Gasteiger partial charge on any atom is -0.591 e. The van der Waals surface area contributed by atoms with Crippen molar-refractivity contribution >= 4 is 8.03 Å². The van der Waals surface area contributed by atoms with Gasteiger partial charge in [-0.05, 0) is 18.8 Å². The summed E-state index contributed by atoms with van der Waals surface area (Å²) in [6.45, 7) is 4.41. The van der Waals surface area contributed by atoms with Crippen LogP contribution >= 0.6 is 8.03 Å². The minimum absolute atomic E-state index is 0.300. The van der Waals surface area contributed by atoms with E-state index in [0.717, 1.165) is 6.42 Å². The highest BCUT2D eigenvalue weighted by Gasteiger charge is 2.35. The molecule has 0 bridgehead atoms. The van der Waals surface area contributed by atoms with Gasteiger partial charge in [-0.15, -0.1) is 0 Å². The summed E-state index contributed by atoms with van der Waals surface area (Å²) in [6.07, 6.45) is 25.8. The fourth-order valence-electron chi connectivity index (χ4n) is 3.88. The molecule has 0 radical (unpaired) electrons. The number of rotatable bonds is 20. The van der Waals surface area contributed by atoms with Crippen LogP contribution in [0.15, 0.2) is 12.2 Å². The van der Waals surface area contributed by atoms with Gasteiger partial charge in [0, 0.05) is 0 Å². The third-order valence-corrected chi connectivity index (χ3v) is 7.30. The van der Waals surface area contributed by atoms with Crippen LogP contribution < -0.4 is 4.89 Å². The largest absolute Gasteiger partial charge is 0.591 e. The normalized spacial score (nSPS) is 15.0. The van der Waals surface area contributed by atoms with Crippen LogP contribution in [0.4, 0.5) is 0 Å². The Morgan fingerprint density at radius 3 is 1.59 bits per heavy atom. The van der Waals surface area contributed by atoms with Crippen molar-refractivity contribution in [3.05, 3.63) is 12.2 Å². The summed E-state index contributed by atoms with van der Waals surface area (Å²) in [5, 5.41) is 0. The molecule has 0 heterocycles. The molecule has 0 aliphatic heterocycles. The predicted molar refractivity (Wildman–Crippen MR) is 127 cm³/mol. The third-order valence-electron chi connectivity index (χ3n) is 5.91. The number of nitrogens with zero attached hydrogens (tertiary/aromatic N) is 1. The number of hydrogen-bond donors (Lipinski definition) is 0. The van der Waals surface area contributed by atoms with Gasteiger partial charge in [-0.25, -0.2) is 0 Å². The van der Waals surface area contributed by atoms with Gasteiger partial charge in [-0.3, -0.25) is 4.48 Å². The van der Waals surface area contributed by atoms with Crippen LogP contribution in [-0.4, -0.2) is 31.4 Å². The molecule has 0 aromatic carbocycles. The number of unbranched alkanes of at least 4 members (excludes halogenated alkanes) is 14. The van der Waals surface area contributed by atoms with E-state index in [4.69, 9.17) is 0 Å². The topological polar surface area (TPSA) is 40.1 Å². The Bertz CT molecular complexity index is 418. The Morgan fingerprint density at radius 1 is 0.793 bits per heavy atom. The zero-order valence-electron chi connectivity index (χ0n) is 20.3. The molecule has 3 nitrogen and oxygen atoms in total. The van der Waals surface area contributed by atoms with Crippen molar-refractivity contribution < 1.29 is 13.9 Å². The molecule has 0 aliphatic carbocycles. The second-order valence-corrected chi connectivity index (χ2v) is 11.1. The summed E-state index contributed by atoms with van der Waals surface area (Å²) in [5.74, 6) is 0.0163. The van der Waals surface area contributed by atoms with Gasteiger partial charge in [0.05, 0.1) is 27.6 Å². The number of quaternary nitrogens is 1. The average molecular weight is 429 g/mol. The minimum atomic E-state index is -2.39. The van der Waals surface area contributed by atoms with Crippen molar-refractivity contribution in [3.8, 4) is 0 Å². The van der Waals surface area contributed by atoms with E-state index in [-0.39, 0.29) is 5.78 Å². The first-order chi connectivity index (χ1) is 13.8. The molecule has 0 aromatic rings. The maximum Gasteiger partial charge on any atom is 0.373 e. The van der Waals surface area contributed by atoms with Gasteiger partial charge in [-0.1, -0.05) is 114 Å². The van der Waals surface area contributed by atoms with Gasteiger partial charge < -0.3 is 4.89 Å². The third kappa shape index (κ3) is 18.3. The Kier molecular flexibility index (Phi) is 18.4. The quantitative estimate of drug-likeness (QED) is 0.0868. The van der Waals surface area contributed by atoms with Gasteiger partial charge in [0.1, 0.15) is 0 Å². The van der Waals surface area contributed by atoms with Crippen LogP contribution in [0, 0.1) is 5.92 Å². The molecule has 0 saturated carbocycles. The van der Waals surface area contributed by atoms with Gasteiger partial charge in [-0.2, -0.15) is 0 Å². The highest BCUT2D eigenvalue weighted by molar-refractivity contribution is 7.37. The van der Waals surface area contributed by atoms with Crippen molar-refractivity contribution in [1.82, 2.24) is 0 Å². The zero-order valence-corrected chi connectivity index (χ0v) is 21.2. The summed E-state index contributed by atoms with van der Waals surface area (Å²) in [5.41, 5.74) is 0. The lowest BCUT2D eigenvalue weighted by atomic mass is 10.0. The molecule has 172 valence electrons. The second kappa shape index (κ2) is 18.5. The van der Waals surface area contributed by atoms with E-state index < -0.39 is 8.03 Å². The standard InChI is InChI=1S/C25H51NO2P/c1-6-7-8-9-10-11-12-13-14-15-16-17-18-19-20-21-22-24(2)23-25(29(27)28)26(3,4)5/h21-22,24-25H,6-20,23H2,1-5H3/q+1/b22-21-. The van der Waals surface area contributed by atoms with E-state index in [1.807, 2.05) is 21.1 Å². The molecule has 0 aliphatic rings. The number of allylic oxidation sites excluding steroid dienone is 2. The molecule has 3 atom stereocenters. The van der Waals surface area contributed by atoms with E-state index in [2.05, 4.69) is 26.0 Å². The van der Waals surface area contributed by atoms with Crippen molar-refractivity contribution in [2.24, 2.45) is 5.92 Å². The highest BCUT2D eigenvalue weighted by Crippen LogP contribution is 2.30. The molecular weight excluding hydrogens is 377 g/mol. The van der Waals surface area contributed by atoms with Crippen LogP contribution in [0.3, 0.4) is 0 Å². The zero-order chi connectivity index (χ0) is 22.0. The van der Waals surface area contributed by atoms with Gasteiger partial charge >= 0.3 is 8.03 Å². The van der Waals surface area contributed by atoms with Crippen LogP contribution in [0.5, 0.6) is 0 Å². The average Bonchev–Trinajstić information content (AvgIpc) is 2.64. The SMILES string of the molecule is CCCCCCCCCCCCCCCC/C=C\C(C)CC([P+](=O)[O-])[N+](C)(C)C. The fourth-order valence-corrected chi connectivity index (χ4v) is 4.95. The molecule has 0 fully saturated rings. The predicted octanol–water partition coefficient (Wildman–Crippen LogP) is 7.58. The van der Waals surface area contributed by atoms with E-state index >= 15 is 0 Å². The second-order valence-electron chi connectivity index (χ2n) is 9.91. The van der Waals surface area contributed by atoms with E-state index in [9.17, 15) is 9.46 Å². The molecule has 0 spiro atoms. The summed E-state index contributed by atoms with van der Waals surface area (Å²) < 4.78 is 12.0. The fraction of sp³-hybridized carbons (Fsp3) is 0.920. The Hall–Kier alpha value is -0.240. The van der Waals surface area contributed by atoms with Crippen LogP contribution in [0.25, 0.3) is 0 Å². The maximum absolute atomic E-state index is 11.5. The monoisotopic (exact) mass is 428 g/mol. The Morgan fingerprint density at radius 2 is 1.21 bits per heavy atom. The van der Waals surface area contributed by atoms with E-state index in [1.165, 1.54) is 89.9 Å². The van der Waals surface area contributed by atoms with Crippen molar-refractivity contribution in [3.63, 3.8) is 0 Å². The molecule has 0 aromatic heterocycles. The van der Waals surface area contributed by atoms with E-state index in [0.29, 0.717) is 16.8 Å². The molecule has 3 unspecified atom stereocenters. The van der Waals surface area contributed by atoms with E-state index in [1.54, 1.807) is 0 Å². The van der Waals surface area contributed by atoms with Crippen molar-refractivity contribution in [1.29, 1.82) is 0 Å². The first-order valence-corrected chi connectivity index (χ1v) is 13.6. The lowest BCUT2D eigenvalue weighted by Gasteiger charge is -2.28. The summed E-state index contributed by atoms with van der Waals surface area (Å²) in [7, 11) is 3.49. The van der Waals surface area contributed by atoms with Crippen molar-refractivity contribution in [2.45, 2.75) is 122 Å². The first-order valence-electron chi connectivity index (χ1n) is 12.4. The maximum atomic E-state index is 11.5. The summed E-state index contributed by atoms with van der Waals surface area (Å²) >= 11 is 0. The molecule has 0 N–H and O–H groups in total. The highest BCUT2D eigenvalue weighted by atomic mass is 31.1.